The monoisotopic (exact) mass is 263 g/mol. The number of hydrogen-bond donors (Lipinski definition) is 3. The SMILES string of the molecule is CC(CCO)NCc1oc2ccccc2c1C(=O)O. The van der Waals surface area contributed by atoms with Crippen molar-refractivity contribution in [3.8, 4) is 0 Å². The summed E-state index contributed by atoms with van der Waals surface area (Å²) >= 11 is 0. The van der Waals surface area contributed by atoms with E-state index in [1.165, 1.54) is 0 Å². The van der Waals surface area contributed by atoms with Crippen LogP contribution in [0.3, 0.4) is 0 Å². The van der Waals surface area contributed by atoms with E-state index < -0.39 is 5.97 Å². The Morgan fingerprint density at radius 2 is 2.16 bits per heavy atom. The third-order valence-electron chi connectivity index (χ3n) is 3.06. The van der Waals surface area contributed by atoms with Gasteiger partial charge in [-0.25, -0.2) is 4.79 Å². The zero-order valence-corrected chi connectivity index (χ0v) is 10.7. The van der Waals surface area contributed by atoms with Gasteiger partial charge in [0.1, 0.15) is 16.9 Å². The molecule has 0 amide bonds. The molecule has 0 aliphatic carbocycles. The van der Waals surface area contributed by atoms with Crippen LogP contribution in [0, 0.1) is 0 Å². The number of aliphatic hydroxyl groups is 1. The second-order valence-electron chi connectivity index (χ2n) is 4.50. The summed E-state index contributed by atoms with van der Waals surface area (Å²) in [6.45, 7) is 2.36. The third-order valence-corrected chi connectivity index (χ3v) is 3.06. The van der Waals surface area contributed by atoms with Crippen LogP contribution in [0.4, 0.5) is 0 Å². The number of rotatable bonds is 6. The van der Waals surface area contributed by atoms with Crippen LogP contribution in [0.25, 0.3) is 11.0 Å². The number of carboxylic acid groups (broad SMARTS) is 1. The Kier molecular flexibility index (Phi) is 4.19. The largest absolute Gasteiger partial charge is 0.478 e. The van der Waals surface area contributed by atoms with Gasteiger partial charge in [0.2, 0.25) is 0 Å². The van der Waals surface area contributed by atoms with Gasteiger partial charge in [-0.15, -0.1) is 0 Å². The summed E-state index contributed by atoms with van der Waals surface area (Å²) in [5.74, 6) is -0.574. The molecule has 0 aliphatic rings. The smallest absolute Gasteiger partial charge is 0.339 e. The van der Waals surface area contributed by atoms with Gasteiger partial charge in [-0.05, 0) is 19.4 Å². The average molecular weight is 263 g/mol. The fourth-order valence-corrected chi connectivity index (χ4v) is 2.02. The molecule has 0 bridgehead atoms. The summed E-state index contributed by atoms with van der Waals surface area (Å²) in [5, 5.41) is 21.9. The van der Waals surface area contributed by atoms with E-state index in [1.807, 2.05) is 13.0 Å². The molecule has 0 radical (unpaired) electrons. The number of carboxylic acids is 1. The molecule has 1 aromatic carbocycles. The van der Waals surface area contributed by atoms with Crippen LogP contribution in [0.1, 0.15) is 29.5 Å². The fourth-order valence-electron chi connectivity index (χ4n) is 2.02. The molecule has 3 N–H and O–H groups in total. The maximum absolute atomic E-state index is 11.3. The van der Waals surface area contributed by atoms with E-state index in [0.29, 0.717) is 29.7 Å². The van der Waals surface area contributed by atoms with Crippen molar-refractivity contribution >= 4 is 16.9 Å². The highest BCUT2D eigenvalue weighted by Gasteiger charge is 2.19. The zero-order valence-electron chi connectivity index (χ0n) is 10.7. The Bertz CT molecular complexity index is 576. The van der Waals surface area contributed by atoms with Gasteiger partial charge in [0.05, 0.1) is 6.54 Å². The van der Waals surface area contributed by atoms with E-state index in [0.717, 1.165) is 0 Å². The molecule has 2 rings (SSSR count). The number of benzene rings is 1. The lowest BCUT2D eigenvalue weighted by atomic mass is 10.1. The fraction of sp³-hybridized carbons (Fsp3) is 0.357. The highest BCUT2D eigenvalue weighted by Crippen LogP contribution is 2.25. The van der Waals surface area contributed by atoms with Gasteiger partial charge in [0, 0.05) is 18.0 Å². The first-order valence-corrected chi connectivity index (χ1v) is 6.21. The molecule has 0 fully saturated rings. The normalized spacial score (nSPS) is 12.7. The van der Waals surface area contributed by atoms with Gasteiger partial charge in [-0.1, -0.05) is 18.2 Å². The van der Waals surface area contributed by atoms with E-state index in [1.54, 1.807) is 18.2 Å². The third kappa shape index (κ3) is 2.94. The highest BCUT2D eigenvalue weighted by molar-refractivity contribution is 6.03. The van der Waals surface area contributed by atoms with Gasteiger partial charge in [0.15, 0.2) is 0 Å². The van der Waals surface area contributed by atoms with Crippen molar-refractivity contribution in [3.05, 3.63) is 35.6 Å². The molecule has 0 saturated heterocycles. The Labute approximate surface area is 110 Å². The van der Waals surface area contributed by atoms with Crippen LogP contribution in [-0.4, -0.2) is 28.8 Å². The minimum absolute atomic E-state index is 0.0971. The second kappa shape index (κ2) is 5.86. The zero-order chi connectivity index (χ0) is 13.8. The molecule has 2 aromatic rings. The Morgan fingerprint density at radius 1 is 1.42 bits per heavy atom. The van der Waals surface area contributed by atoms with Crippen molar-refractivity contribution < 1.29 is 19.4 Å². The van der Waals surface area contributed by atoms with Crippen LogP contribution in [0.15, 0.2) is 28.7 Å². The van der Waals surface area contributed by atoms with Crippen LogP contribution < -0.4 is 5.32 Å². The topological polar surface area (TPSA) is 82.7 Å². The molecule has 5 nitrogen and oxygen atoms in total. The number of carbonyl (C=O) groups is 1. The lowest BCUT2D eigenvalue weighted by Gasteiger charge is -2.10. The predicted octanol–water partition coefficient (Wildman–Crippen LogP) is 1.99. The molecule has 102 valence electrons. The molecule has 19 heavy (non-hydrogen) atoms. The van der Waals surface area contributed by atoms with Crippen LogP contribution in [0.2, 0.25) is 0 Å². The first-order valence-electron chi connectivity index (χ1n) is 6.21. The Hall–Kier alpha value is -1.85. The first kappa shape index (κ1) is 13.6. The minimum Gasteiger partial charge on any atom is -0.478 e. The van der Waals surface area contributed by atoms with Crippen molar-refractivity contribution in [2.24, 2.45) is 0 Å². The first-order chi connectivity index (χ1) is 9.13. The van der Waals surface area contributed by atoms with Crippen molar-refractivity contribution in [2.45, 2.75) is 25.9 Å². The van der Waals surface area contributed by atoms with Crippen LogP contribution in [0.5, 0.6) is 0 Å². The molecule has 5 heteroatoms. The minimum atomic E-state index is -0.989. The van der Waals surface area contributed by atoms with Crippen molar-refractivity contribution in [3.63, 3.8) is 0 Å². The summed E-state index contributed by atoms with van der Waals surface area (Å²) in [7, 11) is 0. The number of aliphatic hydroxyl groups excluding tert-OH is 1. The number of fused-ring (bicyclic) bond motifs is 1. The van der Waals surface area contributed by atoms with Crippen molar-refractivity contribution in [1.82, 2.24) is 5.32 Å². The number of aromatic carboxylic acids is 1. The van der Waals surface area contributed by atoms with Gasteiger partial charge in [0.25, 0.3) is 0 Å². The quantitative estimate of drug-likeness (QED) is 0.742. The predicted molar refractivity (Wildman–Crippen MR) is 71.2 cm³/mol. The Morgan fingerprint density at radius 3 is 2.84 bits per heavy atom. The average Bonchev–Trinajstić information content (AvgIpc) is 2.75. The van der Waals surface area contributed by atoms with E-state index in [9.17, 15) is 9.90 Å². The molecule has 1 heterocycles. The van der Waals surface area contributed by atoms with Crippen molar-refractivity contribution in [2.75, 3.05) is 6.61 Å². The summed E-state index contributed by atoms with van der Waals surface area (Å²) in [6, 6.07) is 7.18. The van der Waals surface area contributed by atoms with Gasteiger partial charge in [-0.2, -0.15) is 0 Å². The van der Waals surface area contributed by atoms with Crippen LogP contribution in [-0.2, 0) is 6.54 Å². The lowest BCUT2D eigenvalue weighted by Crippen LogP contribution is -2.26. The molecule has 0 aliphatic heterocycles. The second-order valence-corrected chi connectivity index (χ2v) is 4.50. The van der Waals surface area contributed by atoms with Crippen molar-refractivity contribution in [1.29, 1.82) is 0 Å². The van der Waals surface area contributed by atoms with E-state index >= 15 is 0 Å². The Balaban J connectivity index is 2.27. The van der Waals surface area contributed by atoms with Gasteiger partial charge < -0.3 is 19.9 Å². The van der Waals surface area contributed by atoms with Gasteiger partial charge in [-0.3, -0.25) is 0 Å². The maximum atomic E-state index is 11.3. The molecule has 1 aromatic heterocycles. The van der Waals surface area contributed by atoms with Gasteiger partial charge >= 0.3 is 5.97 Å². The summed E-state index contributed by atoms with van der Waals surface area (Å²) < 4.78 is 5.58. The number of nitrogens with one attached hydrogen (secondary N) is 1. The summed E-state index contributed by atoms with van der Waals surface area (Å²) in [6.07, 6.45) is 0.614. The lowest BCUT2D eigenvalue weighted by molar-refractivity contribution is 0.0696. The number of furan rings is 1. The van der Waals surface area contributed by atoms with Crippen LogP contribution >= 0.6 is 0 Å². The highest BCUT2D eigenvalue weighted by atomic mass is 16.4. The number of hydrogen-bond acceptors (Lipinski definition) is 4. The molecule has 0 saturated carbocycles. The van der Waals surface area contributed by atoms with E-state index in [4.69, 9.17) is 9.52 Å². The molecular formula is C14H17NO4. The summed E-state index contributed by atoms with van der Waals surface area (Å²) in [4.78, 5) is 11.3. The summed E-state index contributed by atoms with van der Waals surface area (Å²) in [5.41, 5.74) is 0.783. The van der Waals surface area contributed by atoms with E-state index in [-0.39, 0.29) is 18.2 Å². The number of para-hydroxylation sites is 1. The molecule has 1 unspecified atom stereocenters. The standard InChI is InChI=1S/C14H17NO4/c1-9(6-7-16)15-8-12-13(14(17)18)10-4-2-3-5-11(10)19-12/h2-5,9,15-16H,6-8H2,1H3,(H,17,18). The maximum Gasteiger partial charge on any atom is 0.339 e. The molecular weight excluding hydrogens is 246 g/mol. The molecule has 1 atom stereocenters. The van der Waals surface area contributed by atoms with E-state index in [2.05, 4.69) is 5.32 Å². The molecule has 0 spiro atoms.